The molecule has 1 aliphatic rings. The molecule has 1 aliphatic heterocycles. The average Bonchev–Trinajstić information content (AvgIpc) is 3.20. The van der Waals surface area contributed by atoms with Crippen LogP contribution in [0.3, 0.4) is 0 Å². The number of rotatable bonds is 7. The van der Waals surface area contributed by atoms with Crippen molar-refractivity contribution in [2.24, 2.45) is 0 Å². The van der Waals surface area contributed by atoms with E-state index in [0.29, 0.717) is 31.1 Å². The van der Waals surface area contributed by atoms with Crippen molar-refractivity contribution in [3.8, 4) is 11.5 Å². The molecule has 1 N–H and O–H groups in total. The van der Waals surface area contributed by atoms with Gasteiger partial charge in [0.25, 0.3) is 0 Å². The Morgan fingerprint density at radius 2 is 2.00 bits per heavy atom. The minimum atomic E-state index is -0.319. The highest BCUT2D eigenvalue weighted by atomic mass is 19.1. The number of amides is 1. The van der Waals surface area contributed by atoms with E-state index in [9.17, 15) is 9.18 Å². The number of piperidine rings is 1. The number of hydrogen-bond acceptors (Lipinski definition) is 3. The first kappa shape index (κ1) is 20.3. The molecule has 158 valence electrons. The van der Waals surface area contributed by atoms with Crippen molar-refractivity contribution in [1.29, 1.82) is 0 Å². The summed E-state index contributed by atoms with van der Waals surface area (Å²) in [7, 11) is 1.68. The third-order valence-electron chi connectivity index (χ3n) is 5.81. The lowest BCUT2D eigenvalue weighted by Gasteiger charge is -2.32. The second-order valence-electron chi connectivity index (χ2n) is 7.72. The van der Waals surface area contributed by atoms with Crippen molar-refractivity contribution in [1.82, 2.24) is 9.88 Å². The van der Waals surface area contributed by atoms with Crippen LogP contribution in [-0.2, 0) is 4.79 Å². The number of likely N-dealkylation sites (tertiary alicyclic amines) is 1. The number of aromatic amines is 1. The van der Waals surface area contributed by atoms with Gasteiger partial charge in [-0.25, -0.2) is 4.39 Å². The summed E-state index contributed by atoms with van der Waals surface area (Å²) in [6.07, 6.45) is 5.07. The molecule has 0 atom stereocenters. The highest BCUT2D eigenvalue weighted by Gasteiger charge is 2.25. The van der Waals surface area contributed by atoms with Crippen LogP contribution >= 0.6 is 0 Å². The summed E-state index contributed by atoms with van der Waals surface area (Å²) in [6, 6.07) is 12.2. The molecule has 0 spiro atoms. The van der Waals surface area contributed by atoms with Gasteiger partial charge < -0.3 is 19.4 Å². The Morgan fingerprint density at radius 1 is 1.17 bits per heavy atom. The van der Waals surface area contributed by atoms with Crippen LogP contribution in [0.4, 0.5) is 4.39 Å². The number of nitrogens with zero attached hydrogens (tertiary/aromatic N) is 1. The van der Waals surface area contributed by atoms with E-state index < -0.39 is 0 Å². The van der Waals surface area contributed by atoms with Crippen LogP contribution in [-0.4, -0.2) is 42.6 Å². The lowest BCUT2D eigenvalue weighted by atomic mass is 9.89. The molecule has 0 aliphatic carbocycles. The van der Waals surface area contributed by atoms with Gasteiger partial charge in [-0.2, -0.15) is 0 Å². The average molecular weight is 410 g/mol. The lowest BCUT2D eigenvalue weighted by molar-refractivity contribution is -0.132. The maximum Gasteiger partial charge on any atom is 0.222 e. The summed E-state index contributed by atoms with van der Waals surface area (Å²) in [6.45, 7) is 1.94. The number of carbonyl (C=O) groups excluding carboxylic acids is 1. The number of H-pyrrole nitrogens is 1. The van der Waals surface area contributed by atoms with Crippen LogP contribution < -0.4 is 9.47 Å². The highest BCUT2D eigenvalue weighted by molar-refractivity contribution is 5.85. The smallest absolute Gasteiger partial charge is 0.222 e. The van der Waals surface area contributed by atoms with E-state index in [1.54, 1.807) is 19.2 Å². The van der Waals surface area contributed by atoms with Gasteiger partial charge in [0, 0.05) is 42.7 Å². The molecule has 1 fully saturated rings. The molecule has 1 amide bonds. The van der Waals surface area contributed by atoms with Gasteiger partial charge in [0.15, 0.2) is 0 Å². The summed E-state index contributed by atoms with van der Waals surface area (Å²) >= 11 is 0. The number of methoxy groups -OCH3 is 1. The molecular formula is C24H27FN2O3. The van der Waals surface area contributed by atoms with Crippen LogP contribution in [0.2, 0.25) is 0 Å². The van der Waals surface area contributed by atoms with Gasteiger partial charge in [0.1, 0.15) is 17.3 Å². The standard InChI is InChI=1S/C24H27FN2O3/c1-29-19-7-8-23-21(15-19)22(16-26-23)17-9-11-27(12-10-17)24(28)6-3-13-30-20-5-2-4-18(25)14-20/h2,4-5,7-8,14-17,26H,3,6,9-13H2,1H3. The van der Waals surface area contributed by atoms with Crippen molar-refractivity contribution >= 4 is 16.8 Å². The zero-order valence-electron chi connectivity index (χ0n) is 17.2. The normalized spacial score (nSPS) is 14.8. The van der Waals surface area contributed by atoms with Crippen molar-refractivity contribution in [2.45, 2.75) is 31.6 Å². The molecule has 30 heavy (non-hydrogen) atoms. The fourth-order valence-corrected chi connectivity index (χ4v) is 4.15. The van der Waals surface area contributed by atoms with E-state index in [0.717, 1.165) is 37.2 Å². The predicted octanol–water partition coefficient (Wildman–Crippen LogP) is 4.88. The van der Waals surface area contributed by atoms with E-state index in [2.05, 4.69) is 17.2 Å². The largest absolute Gasteiger partial charge is 0.497 e. The molecule has 2 heterocycles. The number of halogens is 1. The quantitative estimate of drug-likeness (QED) is 0.565. The first-order valence-corrected chi connectivity index (χ1v) is 10.4. The van der Waals surface area contributed by atoms with Gasteiger partial charge in [-0.15, -0.1) is 0 Å². The topological polar surface area (TPSA) is 54.6 Å². The number of carbonyl (C=O) groups is 1. The molecule has 6 heteroatoms. The monoisotopic (exact) mass is 410 g/mol. The second-order valence-corrected chi connectivity index (χ2v) is 7.72. The Balaban J connectivity index is 1.25. The summed E-state index contributed by atoms with van der Waals surface area (Å²) in [5, 5.41) is 1.20. The predicted molar refractivity (Wildman–Crippen MR) is 115 cm³/mol. The van der Waals surface area contributed by atoms with E-state index in [1.165, 1.54) is 23.1 Å². The van der Waals surface area contributed by atoms with Gasteiger partial charge >= 0.3 is 0 Å². The van der Waals surface area contributed by atoms with Crippen molar-refractivity contribution in [3.05, 3.63) is 60.0 Å². The number of ether oxygens (including phenoxy) is 2. The Hall–Kier alpha value is -3.02. The minimum absolute atomic E-state index is 0.164. The molecule has 0 unspecified atom stereocenters. The van der Waals surface area contributed by atoms with E-state index in [1.807, 2.05) is 17.0 Å². The Kier molecular flexibility index (Phi) is 6.21. The molecule has 3 aromatic rings. The summed E-state index contributed by atoms with van der Waals surface area (Å²) < 4.78 is 24.0. The molecule has 2 aromatic carbocycles. The summed E-state index contributed by atoms with van der Waals surface area (Å²) in [5.41, 5.74) is 2.42. The fourth-order valence-electron chi connectivity index (χ4n) is 4.15. The molecular weight excluding hydrogens is 383 g/mol. The SMILES string of the molecule is COc1ccc2[nH]cc(C3CCN(C(=O)CCCOc4cccc(F)c4)CC3)c2c1. The van der Waals surface area contributed by atoms with Crippen molar-refractivity contribution in [2.75, 3.05) is 26.8 Å². The van der Waals surface area contributed by atoms with Crippen LogP contribution in [0.1, 0.15) is 37.2 Å². The van der Waals surface area contributed by atoms with Gasteiger partial charge in [0.2, 0.25) is 5.91 Å². The number of fused-ring (bicyclic) bond motifs is 1. The first-order chi connectivity index (χ1) is 14.6. The third-order valence-corrected chi connectivity index (χ3v) is 5.81. The Labute approximate surface area is 175 Å². The molecule has 0 bridgehead atoms. The van der Waals surface area contributed by atoms with Gasteiger partial charge in [0.05, 0.1) is 13.7 Å². The van der Waals surface area contributed by atoms with Gasteiger partial charge in [-0.1, -0.05) is 6.07 Å². The molecule has 1 saturated heterocycles. The molecule has 0 radical (unpaired) electrons. The van der Waals surface area contributed by atoms with Crippen molar-refractivity contribution in [3.63, 3.8) is 0 Å². The Morgan fingerprint density at radius 3 is 2.77 bits per heavy atom. The minimum Gasteiger partial charge on any atom is -0.497 e. The van der Waals surface area contributed by atoms with Crippen LogP contribution in [0, 0.1) is 5.82 Å². The summed E-state index contributed by atoms with van der Waals surface area (Å²) in [4.78, 5) is 17.8. The van der Waals surface area contributed by atoms with Crippen molar-refractivity contribution < 1.29 is 18.7 Å². The lowest BCUT2D eigenvalue weighted by Crippen LogP contribution is -2.37. The maximum absolute atomic E-state index is 13.2. The number of hydrogen-bond donors (Lipinski definition) is 1. The highest BCUT2D eigenvalue weighted by Crippen LogP contribution is 2.34. The molecule has 5 nitrogen and oxygen atoms in total. The van der Waals surface area contributed by atoms with Crippen LogP contribution in [0.5, 0.6) is 11.5 Å². The molecule has 1 aromatic heterocycles. The third kappa shape index (κ3) is 4.58. The maximum atomic E-state index is 13.2. The van der Waals surface area contributed by atoms with Gasteiger partial charge in [-0.3, -0.25) is 4.79 Å². The first-order valence-electron chi connectivity index (χ1n) is 10.4. The van der Waals surface area contributed by atoms with Crippen LogP contribution in [0.15, 0.2) is 48.7 Å². The van der Waals surface area contributed by atoms with E-state index >= 15 is 0 Å². The van der Waals surface area contributed by atoms with E-state index in [-0.39, 0.29) is 11.7 Å². The summed E-state index contributed by atoms with van der Waals surface area (Å²) in [5.74, 6) is 1.64. The number of aromatic nitrogens is 1. The van der Waals surface area contributed by atoms with Gasteiger partial charge in [-0.05, 0) is 61.1 Å². The number of benzene rings is 2. The molecule has 4 rings (SSSR count). The Bertz CT molecular complexity index is 1010. The number of nitrogens with one attached hydrogen (secondary N) is 1. The fraction of sp³-hybridized carbons (Fsp3) is 0.375. The molecule has 0 saturated carbocycles. The van der Waals surface area contributed by atoms with Crippen LogP contribution in [0.25, 0.3) is 10.9 Å². The second kappa shape index (κ2) is 9.20. The zero-order valence-corrected chi connectivity index (χ0v) is 17.2. The zero-order chi connectivity index (χ0) is 20.9. The van der Waals surface area contributed by atoms with E-state index in [4.69, 9.17) is 9.47 Å².